The fourth-order valence-corrected chi connectivity index (χ4v) is 3.46. The summed E-state index contributed by atoms with van der Waals surface area (Å²) in [5.41, 5.74) is 1.75. The lowest BCUT2D eigenvalue weighted by molar-refractivity contribution is 0.0247. The fraction of sp³-hybridized carbons (Fsp3) is 0.375. The Kier molecular flexibility index (Phi) is 5.25. The van der Waals surface area contributed by atoms with Gasteiger partial charge in [-0.3, -0.25) is 4.99 Å². The number of hydrogen-bond acceptors (Lipinski definition) is 5. The molecule has 0 radical (unpaired) electrons. The van der Waals surface area contributed by atoms with Crippen molar-refractivity contribution in [3.8, 4) is 11.3 Å². The van der Waals surface area contributed by atoms with Gasteiger partial charge in [0.2, 0.25) is 0 Å². The van der Waals surface area contributed by atoms with Crippen molar-refractivity contribution in [2.75, 3.05) is 33.1 Å². The van der Waals surface area contributed by atoms with E-state index in [1.807, 2.05) is 36.6 Å². The average Bonchev–Trinajstić information content (AvgIpc) is 3.06. The lowest BCUT2D eigenvalue weighted by Crippen LogP contribution is -2.42. The molecule has 1 aromatic heterocycles. The summed E-state index contributed by atoms with van der Waals surface area (Å²) in [6.07, 6.45) is 2.02. The maximum atomic E-state index is 6.04. The number of aromatic nitrogens is 1. The summed E-state index contributed by atoms with van der Waals surface area (Å²) in [5, 5.41) is 5.89. The lowest BCUT2D eigenvalue weighted by Gasteiger charge is -2.35. The summed E-state index contributed by atoms with van der Waals surface area (Å²) in [7, 11) is 1.80. The average molecular weight is 352 g/mol. The van der Waals surface area contributed by atoms with E-state index in [0.29, 0.717) is 24.0 Å². The molecule has 0 N–H and O–H groups in total. The van der Waals surface area contributed by atoms with Gasteiger partial charge < -0.3 is 14.2 Å². The normalized spacial score (nSPS) is 19.2. The molecule has 1 unspecified atom stereocenters. The molecule has 23 heavy (non-hydrogen) atoms. The van der Waals surface area contributed by atoms with Crippen molar-refractivity contribution in [2.24, 2.45) is 4.99 Å². The van der Waals surface area contributed by atoms with Crippen molar-refractivity contribution >= 4 is 28.5 Å². The topological polar surface area (TPSA) is 50.9 Å². The van der Waals surface area contributed by atoms with E-state index in [9.17, 15) is 0 Å². The Morgan fingerprint density at radius 2 is 2.30 bits per heavy atom. The van der Waals surface area contributed by atoms with Crippen molar-refractivity contribution in [3.63, 3.8) is 0 Å². The number of aliphatic imine (C=N–C) groups is 1. The molecular weight excluding hydrogens is 334 g/mol. The molecule has 2 heterocycles. The van der Waals surface area contributed by atoms with Crippen LogP contribution in [0.3, 0.4) is 0 Å². The van der Waals surface area contributed by atoms with Crippen molar-refractivity contribution in [1.82, 2.24) is 10.1 Å². The zero-order valence-corrected chi connectivity index (χ0v) is 14.6. The molecule has 1 atom stereocenters. The van der Waals surface area contributed by atoms with Crippen LogP contribution in [0.2, 0.25) is 5.02 Å². The van der Waals surface area contributed by atoms with Crippen LogP contribution in [0, 0.1) is 0 Å². The minimum Gasteiger partial charge on any atom is -0.377 e. The van der Waals surface area contributed by atoms with Gasteiger partial charge in [0.05, 0.1) is 13.2 Å². The van der Waals surface area contributed by atoms with Crippen LogP contribution >= 0.6 is 23.4 Å². The summed E-state index contributed by atoms with van der Waals surface area (Å²) in [4.78, 5) is 6.57. The highest BCUT2D eigenvalue weighted by Gasteiger charge is 2.29. The molecule has 5 nitrogen and oxygen atoms in total. The van der Waals surface area contributed by atoms with Gasteiger partial charge in [0.1, 0.15) is 11.7 Å². The van der Waals surface area contributed by atoms with E-state index in [4.69, 9.17) is 20.9 Å². The van der Waals surface area contributed by atoms with Gasteiger partial charge in [0.15, 0.2) is 10.9 Å². The van der Waals surface area contributed by atoms with Gasteiger partial charge >= 0.3 is 0 Å². The second kappa shape index (κ2) is 7.38. The number of ether oxygens (including phenoxy) is 1. The molecular formula is C16H18ClN3O2S. The molecule has 0 spiro atoms. The maximum Gasteiger partial charge on any atom is 0.167 e. The molecule has 1 aliphatic heterocycles. The van der Waals surface area contributed by atoms with Crippen molar-refractivity contribution < 1.29 is 9.26 Å². The third-order valence-electron chi connectivity index (χ3n) is 3.73. The third kappa shape index (κ3) is 3.54. The van der Waals surface area contributed by atoms with Crippen LogP contribution in [-0.2, 0) is 4.74 Å². The van der Waals surface area contributed by atoms with Gasteiger partial charge in [-0.2, -0.15) is 0 Å². The molecule has 0 saturated carbocycles. The summed E-state index contributed by atoms with van der Waals surface area (Å²) in [5.74, 6) is 0.701. The van der Waals surface area contributed by atoms with Crippen LogP contribution in [0.4, 0.5) is 0 Å². The van der Waals surface area contributed by atoms with Crippen molar-refractivity contribution in [2.45, 2.75) is 6.04 Å². The molecule has 1 aromatic carbocycles. The fourth-order valence-electron chi connectivity index (χ4n) is 2.64. The van der Waals surface area contributed by atoms with Crippen LogP contribution < -0.4 is 0 Å². The molecule has 7 heteroatoms. The van der Waals surface area contributed by atoms with Gasteiger partial charge in [0, 0.05) is 30.2 Å². The Morgan fingerprint density at radius 3 is 3.04 bits per heavy atom. The first kappa shape index (κ1) is 16.4. The predicted molar refractivity (Wildman–Crippen MR) is 94.1 cm³/mol. The quantitative estimate of drug-likeness (QED) is 0.609. The SMILES string of the molecule is C/N=C(\SC)N1CCOCC1c1cc(-c2cccc(Cl)c2)on1. The molecule has 122 valence electrons. The molecule has 0 aliphatic carbocycles. The zero-order valence-electron chi connectivity index (χ0n) is 13.0. The minimum atomic E-state index is 0.00610. The van der Waals surface area contributed by atoms with Crippen LogP contribution in [0.15, 0.2) is 39.8 Å². The van der Waals surface area contributed by atoms with E-state index in [1.165, 1.54) is 0 Å². The molecule has 3 rings (SSSR count). The van der Waals surface area contributed by atoms with E-state index in [0.717, 1.165) is 23.0 Å². The van der Waals surface area contributed by atoms with Gasteiger partial charge in [-0.25, -0.2) is 0 Å². The highest BCUT2D eigenvalue weighted by molar-refractivity contribution is 8.13. The Bertz CT molecular complexity index is 704. The van der Waals surface area contributed by atoms with Gasteiger partial charge in [-0.15, -0.1) is 0 Å². The minimum absolute atomic E-state index is 0.00610. The number of thioether (sulfide) groups is 1. The number of hydrogen-bond donors (Lipinski definition) is 0. The number of rotatable bonds is 2. The Hall–Kier alpha value is -1.50. The summed E-state index contributed by atoms with van der Waals surface area (Å²) in [6.45, 7) is 2.05. The highest BCUT2D eigenvalue weighted by atomic mass is 35.5. The van der Waals surface area contributed by atoms with Crippen molar-refractivity contribution in [1.29, 1.82) is 0 Å². The highest BCUT2D eigenvalue weighted by Crippen LogP contribution is 2.30. The first-order valence-corrected chi connectivity index (χ1v) is 8.91. The van der Waals surface area contributed by atoms with Crippen molar-refractivity contribution in [3.05, 3.63) is 41.0 Å². The molecule has 2 aromatic rings. The maximum absolute atomic E-state index is 6.04. The number of benzene rings is 1. The summed E-state index contributed by atoms with van der Waals surface area (Å²) >= 11 is 7.67. The van der Waals surface area contributed by atoms with Crippen LogP contribution in [-0.4, -0.2) is 48.3 Å². The molecule has 1 saturated heterocycles. The van der Waals surface area contributed by atoms with Crippen LogP contribution in [0.25, 0.3) is 11.3 Å². The molecule has 0 bridgehead atoms. The van der Waals surface area contributed by atoms with E-state index >= 15 is 0 Å². The molecule has 1 aliphatic rings. The summed E-state index contributed by atoms with van der Waals surface area (Å²) in [6, 6.07) is 9.50. The van der Waals surface area contributed by atoms with Gasteiger partial charge in [-0.1, -0.05) is 40.7 Å². The molecule has 1 fully saturated rings. The zero-order chi connectivity index (χ0) is 16.2. The smallest absolute Gasteiger partial charge is 0.167 e. The monoisotopic (exact) mass is 351 g/mol. The number of amidine groups is 1. The van der Waals surface area contributed by atoms with E-state index in [2.05, 4.69) is 15.0 Å². The third-order valence-corrected chi connectivity index (χ3v) is 4.74. The summed E-state index contributed by atoms with van der Waals surface area (Å²) < 4.78 is 11.1. The standard InChI is InChI=1S/C16H18ClN3O2S/c1-18-16(23-2)20-6-7-21-10-14(20)13-9-15(22-19-13)11-4-3-5-12(17)8-11/h3-5,8-9,14H,6-7,10H2,1-2H3/b18-16-. The first-order valence-electron chi connectivity index (χ1n) is 7.30. The van der Waals surface area contributed by atoms with Crippen LogP contribution in [0.1, 0.15) is 11.7 Å². The van der Waals surface area contributed by atoms with E-state index in [1.54, 1.807) is 18.8 Å². The van der Waals surface area contributed by atoms with Crippen LogP contribution in [0.5, 0.6) is 0 Å². The number of halogens is 1. The first-order chi connectivity index (χ1) is 11.2. The lowest BCUT2D eigenvalue weighted by atomic mass is 10.1. The number of morpholine rings is 1. The second-order valence-corrected chi connectivity index (χ2v) is 6.33. The Labute approximate surface area is 144 Å². The van der Waals surface area contributed by atoms with E-state index in [-0.39, 0.29) is 6.04 Å². The van der Waals surface area contributed by atoms with Gasteiger partial charge in [-0.05, 0) is 18.4 Å². The molecule has 0 amide bonds. The predicted octanol–water partition coefficient (Wildman–Crippen LogP) is 3.72. The largest absolute Gasteiger partial charge is 0.377 e. The second-order valence-electron chi connectivity index (χ2n) is 5.12. The van der Waals surface area contributed by atoms with E-state index < -0.39 is 0 Å². The Balaban J connectivity index is 1.88. The Morgan fingerprint density at radius 1 is 1.43 bits per heavy atom. The number of nitrogens with zero attached hydrogens (tertiary/aromatic N) is 3. The van der Waals surface area contributed by atoms with Gasteiger partial charge in [0.25, 0.3) is 0 Å².